The number of hydrogen-bond donors (Lipinski definition) is 2. The Balaban J connectivity index is 2.57. The van der Waals surface area contributed by atoms with E-state index in [0.29, 0.717) is 12.1 Å². The number of thioether (sulfide) groups is 1. The zero-order valence-electron chi connectivity index (χ0n) is 11.3. The minimum atomic E-state index is -0.313. The normalized spacial score (nSPS) is 11.8. The van der Waals surface area contributed by atoms with E-state index in [0.717, 1.165) is 19.4 Å². The molecule has 1 aromatic carbocycles. The van der Waals surface area contributed by atoms with Gasteiger partial charge in [0.15, 0.2) is 0 Å². The van der Waals surface area contributed by atoms with Crippen molar-refractivity contribution >= 4 is 11.8 Å². The lowest BCUT2D eigenvalue weighted by Gasteiger charge is -2.30. The fraction of sp³-hybridized carbons (Fsp3) is 0.571. The highest BCUT2D eigenvalue weighted by molar-refractivity contribution is 8.00. The number of aromatic hydroxyl groups is 1. The van der Waals surface area contributed by atoms with Gasteiger partial charge in [-0.15, -0.1) is 0 Å². The Morgan fingerprint density at radius 3 is 2.56 bits per heavy atom. The molecule has 0 saturated carbocycles. The van der Waals surface area contributed by atoms with Crippen LogP contribution in [0.25, 0.3) is 0 Å². The summed E-state index contributed by atoms with van der Waals surface area (Å²) in [5, 5.41) is 12.9. The molecule has 2 nitrogen and oxygen atoms in total. The van der Waals surface area contributed by atoms with E-state index in [1.54, 1.807) is 0 Å². The van der Waals surface area contributed by atoms with Crippen molar-refractivity contribution in [3.63, 3.8) is 0 Å². The van der Waals surface area contributed by atoms with Gasteiger partial charge in [-0.05, 0) is 37.3 Å². The fourth-order valence-electron chi connectivity index (χ4n) is 1.98. The highest BCUT2D eigenvalue weighted by Gasteiger charge is 2.24. The zero-order chi connectivity index (χ0) is 13.6. The standard InChI is InChI=1S/C14H22FNOS/c1-4-14(5-2,18-3)10-16-9-11-8-12(15)6-7-13(11)17/h6-8,16-17H,4-5,9-10H2,1-3H3. The Morgan fingerprint density at radius 2 is 2.00 bits per heavy atom. The predicted molar refractivity (Wildman–Crippen MR) is 76.6 cm³/mol. The molecule has 102 valence electrons. The van der Waals surface area contributed by atoms with Gasteiger partial charge in [-0.25, -0.2) is 4.39 Å². The van der Waals surface area contributed by atoms with Crippen molar-refractivity contribution in [2.24, 2.45) is 0 Å². The topological polar surface area (TPSA) is 32.3 Å². The maximum absolute atomic E-state index is 13.1. The number of benzene rings is 1. The lowest BCUT2D eigenvalue weighted by molar-refractivity contribution is 0.453. The average Bonchev–Trinajstić information content (AvgIpc) is 2.39. The van der Waals surface area contributed by atoms with Gasteiger partial charge in [0, 0.05) is 23.4 Å². The van der Waals surface area contributed by atoms with Crippen LogP contribution in [0.5, 0.6) is 5.75 Å². The van der Waals surface area contributed by atoms with Crippen LogP contribution in [0.4, 0.5) is 4.39 Å². The first-order valence-electron chi connectivity index (χ1n) is 6.30. The third-order valence-electron chi connectivity index (χ3n) is 3.53. The second kappa shape index (κ2) is 7.00. The minimum Gasteiger partial charge on any atom is -0.508 e. The van der Waals surface area contributed by atoms with Crippen LogP contribution in [-0.4, -0.2) is 22.7 Å². The van der Waals surface area contributed by atoms with Crippen LogP contribution in [0.1, 0.15) is 32.3 Å². The van der Waals surface area contributed by atoms with E-state index < -0.39 is 0 Å². The van der Waals surface area contributed by atoms with Crippen LogP contribution >= 0.6 is 11.8 Å². The molecule has 0 radical (unpaired) electrons. The molecule has 0 atom stereocenters. The number of nitrogens with one attached hydrogen (secondary N) is 1. The molecule has 0 spiro atoms. The zero-order valence-corrected chi connectivity index (χ0v) is 12.1. The first-order valence-corrected chi connectivity index (χ1v) is 7.52. The lowest BCUT2D eigenvalue weighted by atomic mass is 10.0. The molecule has 1 rings (SSSR count). The summed E-state index contributed by atoms with van der Waals surface area (Å²) in [6.45, 7) is 5.71. The van der Waals surface area contributed by atoms with Crippen molar-refractivity contribution in [3.05, 3.63) is 29.6 Å². The lowest BCUT2D eigenvalue weighted by Crippen LogP contribution is -2.36. The van der Waals surface area contributed by atoms with E-state index in [4.69, 9.17) is 0 Å². The van der Waals surface area contributed by atoms with Gasteiger partial charge < -0.3 is 10.4 Å². The summed E-state index contributed by atoms with van der Waals surface area (Å²) >= 11 is 1.86. The molecular formula is C14H22FNOS. The molecule has 4 heteroatoms. The molecule has 0 aliphatic carbocycles. The van der Waals surface area contributed by atoms with E-state index in [-0.39, 0.29) is 16.3 Å². The molecule has 18 heavy (non-hydrogen) atoms. The largest absolute Gasteiger partial charge is 0.508 e. The number of phenols is 1. The van der Waals surface area contributed by atoms with Crippen molar-refractivity contribution in [2.45, 2.75) is 38.0 Å². The third kappa shape index (κ3) is 3.89. The summed E-state index contributed by atoms with van der Waals surface area (Å²) in [5.41, 5.74) is 0.609. The molecule has 0 amide bonds. The van der Waals surface area contributed by atoms with Gasteiger partial charge in [0.2, 0.25) is 0 Å². The van der Waals surface area contributed by atoms with Gasteiger partial charge in [-0.2, -0.15) is 11.8 Å². The molecule has 0 aliphatic rings. The van der Waals surface area contributed by atoms with Gasteiger partial charge in [-0.3, -0.25) is 0 Å². The average molecular weight is 271 g/mol. The maximum Gasteiger partial charge on any atom is 0.123 e. The van der Waals surface area contributed by atoms with Crippen LogP contribution in [-0.2, 0) is 6.54 Å². The summed E-state index contributed by atoms with van der Waals surface area (Å²) < 4.78 is 13.3. The fourth-order valence-corrected chi connectivity index (χ4v) is 2.81. The van der Waals surface area contributed by atoms with Crippen molar-refractivity contribution in [1.82, 2.24) is 5.32 Å². The molecule has 0 unspecified atom stereocenters. The third-order valence-corrected chi connectivity index (χ3v) is 5.11. The Hall–Kier alpha value is -0.740. The second-order valence-corrected chi connectivity index (χ2v) is 5.75. The van der Waals surface area contributed by atoms with E-state index >= 15 is 0 Å². The van der Waals surface area contributed by atoms with Gasteiger partial charge in [-0.1, -0.05) is 13.8 Å². The Morgan fingerprint density at radius 1 is 1.33 bits per heavy atom. The summed E-state index contributed by atoms with van der Waals surface area (Å²) in [6, 6.07) is 4.04. The Bertz CT molecular complexity index is 372. The summed E-state index contributed by atoms with van der Waals surface area (Å²) in [5.74, 6) is -0.168. The Kier molecular flexibility index (Phi) is 5.96. The maximum atomic E-state index is 13.1. The van der Waals surface area contributed by atoms with E-state index in [1.165, 1.54) is 18.2 Å². The number of rotatable bonds is 7. The predicted octanol–water partition coefficient (Wildman–Crippen LogP) is 3.54. The smallest absolute Gasteiger partial charge is 0.123 e. The van der Waals surface area contributed by atoms with Crippen molar-refractivity contribution in [1.29, 1.82) is 0 Å². The summed E-state index contributed by atoms with van der Waals surface area (Å²) in [7, 11) is 0. The summed E-state index contributed by atoms with van der Waals surface area (Å²) in [6.07, 6.45) is 4.30. The molecule has 0 bridgehead atoms. The SMILES string of the molecule is CCC(CC)(CNCc1cc(F)ccc1O)SC. The van der Waals surface area contributed by atoms with Crippen molar-refractivity contribution < 1.29 is 9.50 Å². The highest BCUT2D eigenvalue weighted by atomic mass is 32.2. The van der Waals surface area contributed by atoms with E-state index in [1.807, 2.05) is 11.8 Å². The second-order valence-electron chi connectivity index (χ2n) is 4.47. The number of phenolic OH excluding ortho intramolecular Hbond substituents is 1. The van der Waals surface area contributed by atoms with Crippen LogP contribution in [0.3, 0.4) is 0 Å². The minimum absolute atomic E-state index is 0.145. The molecule has 1 aromatic rings. The van der Waals surface area contributed by atoms with Gasteiger partial charge in [0.25, 0.3) is 0 Å². The molecular weight excluding hydrogens is 249 g/mol. The summed E-state index contributed by atoms with van der Waals surface area (Å²) in [4.78, 5) is 0. The molecule has 0 fully saturated rings. The van der Waals surface area contributed by atoms with Gasteiger partial charge in [0.1, 0.15) is 11.6 Å². The van der Waals surface area contributed by atoms with Crippen molar-refractivity contribution in [3.8, 4) is 5.75 Å². The molecule has 0 heterocycles. The first-order chi connectivity index (χ1) is 8.56. The Labute approximate surface area is 113 Å². The molecule has 2 N–H and O–H groups in total. The monoisotopic (exact) mass is 271 g/mol. The molecule has 0 saturated heterocycles. The number of hydrogen-bond acceptors (Lipinski definition) is 3. The van der Waals surface area contributed by atoms with Gasteiger partial charge >= 0.3 is 0 Å². The van der Waals surface area contributed by atoms with Gasteiger partial charge in [0.05, 0.1) is 0 Å². The van der Waals surface area contributed by atoms with Crippen LogP contribution in [0, 0.1) is 5.82 Å². The highest BCUT2D eigenvalue weighted by Crippen LogP contribution is 2.29. The van der Waals surface area contributed by atoms with E-state index in [2.05, 4.69) is 25.4 Å². The van der Waals surface area contributed by atoms with Crippen LogP contribution in [0.2, 0.25) is 0 Å². The van der Waals surface area contributed by atoms with Crippen LogP contribution in [0.15, 0.2) is 18.2 Å². The first kappa shape index (κ1) is 15.3. The number of halogens is 1. The molecule has 0 aromatic heterocycles. The molecule has 0 aliphatic heterocycles. The quantitative estimate of drug-likeness (QED) is 0.795. The van der Waals surface area contributed by atoms with Crippen molar-refractivity contribution in [2.75, 3.05) is 12.8 Å². The van der Waals surface area contributed by atoms with E-state index in [9.17, 15) is 9.50 Å². The van der Waals surface area contributed by atoms with Crippen LogP contribution < -0.4 is 5.32 Å².